The van der Waals surface area contributed by atoms with Gasteiger partial charge in [-0.15, -0.1) is 0 Å². The fraction of sp³-hybridized carbons (Fsp3) is 0.476. The van der Waals surface area contributed by atoms with Crippen LogP contribution in [-0.4, -0.2) is 61.3 Å². The number of aromatic nitrogens is 2. The molecule has 0 unspecified atom stereocenters. The number of anilines is 2. The van der Waals surface area contributed by atoms with Gasteiger partial charge < -0.3 is 25.6 Å². The number of amides is 2. The smallest absolute Gasteiger partial charge is 0.319 e. The number of carbonyl (C=O) groups excluding carboxylic acids is 1. The Labute approximate surface area is 179 Å². The van der Waals surface area contributed by atoms with Gasteiger partial charge in [0.1, 0.15) is 5.82 Å². The summed E-state index contributed by atoms with van der Waals surface area (Å²) in [6.45, 7) is 5.16. The van der Waals surface area contributed by atoms with Crippen LogP contribution in [0.15, 0.2) is 24.3 Å². The fourth-order valence-electron chi connectivity index (χ4n) is 3.78. The van der Waals surface area contributed by atoms with Crippen LogP contribution in [0, 0.1) is 0 Å². The molecule has 3 heterocycles. The van der Waals surface area contributed by atoms with Crippen molar-refractivity contribution >= 4 is 17.5 Å². The number of morpholine rings is 1. The van der Waals surface area contributed by atoms with E-state index in [1.807, 2.05) is 12.1 Å². The van der Waals surface area contributed by atoms with Crippen LogP contribution in [0.4, 0.5) is 25.1 Å². The molecule has 4 rings (SSSR count). The summed E-state index contributed by atoms with van der Waals surface area (Å²) in [5, 5.41) is 8.06. The summed E-state index contributed by atoms with van der Waals surface area (Å²) >= 11 is 0. The van der Waals surface area contributed by atoms with Crippen molar-refractivity contribution in [3.8, 4) is 11.4 Å². The summed E-state index contributed by atoms with van der Waals surface area (Å²) in [5.41, 5.74) is 3.51. The summed E-state index contributed by atoms with van der Waals surface area (Å²) in [6.07, 6.45) is -1.76. The highest BCUT2D eigenvalue weighted by molar-refractivity contribution is 5.89. The second-order valence-electron chi connectivity index (χ2n) is 7.64. The van der Waals surface area contributed by atoms with Gasteiger partial charge in [0.25, 0.3) is 6.43 Å². The highest BCUT2D eigenvalue weighted by Gasteiger charge is 2.27. The minimum Gasteiger partial charge on any atom is -0.377 e. The SMILES string of the molecule is C[C@H]1COCCN1c1nc(-c2ccc(NC(=O)NCC(F)F)cc2)nc2c1CNCC2. The number of rotatable bonds is 5. The van der Waals surface area contributed by atoms with E-state index in [1.165, 1.54) is 0 Å². The third kappa shape index (κ3) is 5.08. The number of hydrogen-bond acceptors (Lipinski definition) is 6. The zero-order valence-electron chi connectivity index (χ0n) is 17.3. The maximum Gasteiger partial charge on any atom is 0.319 e. The van der Waals surface area contributed by atoms with Gasteiger partial charge in [0.05, 0.1) is 31.5 Å². The molecule has 0 saturated carbocycles. The van der Waals surface area contributed by atoms with E-state index in [2.05, 4.69) is 27.8 Å². The molecule has 0 aliphatic carbocycles. The second kappa shape index (κ2) is 9.52. The molecule has 0 radical (unpaired) electrons. The third-order valence-corrected chi connectivity index (χ3v) is 5.37. The minimum atomic E-state index is -2.59. The molecule has 2 aliphatic heterocycles. The van der Waals surface area contributed by atoms with E-state index in [0.717, 1.165) is 48.7 Å². The number of benzene rings is 1. The van der Waals surface area contributed by atoms with Gasteiger partial charge in [-0.1, -0.05) is 0 Å². The molecule has 166 valence electrons. The van der Waals surface area contributed by atoms with E-state index in [-0.39, 0.29) is 6.04 Å². The standard InChI is InChI=1S/C21H26F2N6O2/c1-13-12-31-9-8-29(13)20-16-10-24-7-6-17(16)27-19(28-20)14-2-4-15(5-3-14)26-21(30)25-11-18(22)23/h2-5,13,18,24H,6-12H2,1H3,(H2,25,26,30)/t13-/m0/s1. The molecule has 0 spiro atoms. The van der Waals surface area contributed by atoms with Gasteiger partial charge >= 0.3 is 6.03 Å². The molecule has 31 heavy (non-hydrogen) atoms. The van der Waals surface area contributed by atoms with Crippen LogP contribution in [0.1, 0.15) is 18.2 Å². The van der Waals surface area contributed by atoms with Crippen LogP contribution in [0.3, 0.4) is 0 Å². The van der Waals surface area contributed by atoms with Crippen molar-refractivity contribution in [3.63, 3.8) is 0 Å². The monoisotopic (exact) mass is 432 g/mol. The Morgan fingerprint density at radius 1 is 1.32 bits per heavy atom. The zero-order valence-corrected chi connectivity index (χ0v) is 17.3. The molecule has 0 bridgehead atoms. The summed E-state index contributed by atoms with van der Waals surface area (Å²) in [4.78, 5) is 23.7. The van der Waals surface area contributed by atoms with Gasteiger partial charge in [0.2, 0.25) is 0 Å². The van der Waals surface area contributed by atoms with Crippen molar-refractivity contribution in [2.24, 2.45) is 0 Å². The first kappa shape index (κ1) is 21.4. The molecule has 1 saturated heterocycles. The predicted molar refractivity (Wildman–Crippen MR) is 114 cm³/mol. The topological polar surface area (TPSA) is 91.4 Å². The molecule has 2 amide bonds. The Morgan fingerprint density at radius 3 is 2.87 bits per heavy atom. The first-order chi connectivity index (χ1) is 15.0. The number of ether oxygens (including phenoxy) is 1. The highest BCUT2D eigenvalue weighted by atomic mass is 19.3. The van der Waals surface area contributed by atoms with E-state index in [0.29, 0.717) is 24.7 Å². The molecule has 1 atom stereocenters. The normalized spacial score (nSPS) is 18.6. The van der Waals surface area contributed by atoms with Crippen molar-refractivity contribution < 1.29 is 18.3 Å². The molecule has 3 N–H and O–H groups in total. The first-order valence-electron chi connectivity index (χ1n) is 10.4. The Bertz CT molecular complexity index is 925. The maximum absolute atomic E-state index is 12.2. The number of nitrogens with zero attached hydrogens (tertiary/aromatic N) is 3. The molecule has 2 aromatic rings. The van der Waals surface area contributed by atoms with E-state index >= 15 is 0 Å². The van der Waals surface area contributed by atoms with E-state index in [1.54, 1.807) is 12.1 Å². The average Bonchev–Trinajstić information content (AvgIpc) is 2.78. The molecule has 1 aromatic heterocycles. The second-order valence-corrected chi connectivity index (χ2v) is 7.64. The fourth-order valence-corrected chi connectivity index (χ4v) is 3.78. The van der Waals surface area contributed by atoms with E-state index in [9.17, 15) is 13.6 Å². The van der Waals surface area contributed by atoms with Gasteiger partial charge in [0, 0.05) is 42.9 Å². The largest absolute Gasteiger partial charge is 0.377 e. The van der Waals surface area contributed by atoms with Crippen LogP contribution < -0.4 is 20.9 Å². The number of alkyl halides is 2. The minimum absolute atomic E-state index is 0.223. The number of fused-ring (bicyclic) bond motifs is 1. The molecule has 10 heteroatoms. The van der Waals surface area contributed by atoms with Crippen molar-refractivity contribution in [3.05, 3.63) is 35.5 Å². The Kier molecular flexibility index (Phi) is 6.57. The summed E-state index contributed by atoms with van der Waals surface area (Å²) in [6, 6.07) is 6.60. The predicted octanol–water partition coefficient (Wildman–Crippen LogP) is 2.40. The van der Waals surface area contributed by atoms with Gasteiger partial charge in [-0.3, -0.25) is 0 Å². The van der Waals surface area contributed by atoms with Crippen LogP contribution in [0.2, 0.25) is 0 Å². The Morgan fingerprint density at radius 2 is 2.13 bits per heavy atom. The molecule has 2 aliphatic rings. The number of nitrogens with one attached hydrogen (secondary N) is 3. The van der Waals surface area contributed by atoms with Gasteiger partial charge in [-0.25, -0.2) is 23.5 Å². The van der Waals surface area contributed by atoms with Crippen molar-refractivity contribution in [1.29, 1.82) is 0 Å². The number of halogens is 2. The number of urea groups is 1. The van der Waals surface area contributed by atoms with Crippen LogP contribution >= 0.6 is 0 Å². The van der Waals surface area contributed by atoms with Crippen LogP contribution in [0.25, 0.3) is 11.4 Å². The Balaban J connectivity index is 1.58. The molecular formula is C21H26F2N6O2. The summed E-state index contributed by atoms with van der Waals surface area (Å²) < 4.78 is 30.0. The molecule has 1 fully saturated rings. The molecule has 1 aromatic carbocycles. The lowest BCUT2D eigenvalue weighted by molar-refractivity contribution is 0.0984. The maximum atomic E-state index is 12.2. The van der Waals surface area contributed by atoms with E-state index in [4.69, 9.17) is 14.7 Å². The molecular weight excluding hydrogens is 406 g/mol. The summed E-state index contributed by atoms with van der Waals surface area (Å²) in [5.74, 6) is 1.57. The molecule has 8 nitrogen and oxygen atoms in total. The average molecular weight is 432 g/mol. The van der Waals surface area contributed by atoms with Crippen LogP contribution in [-0.2, 0) is 17.7 Å². The van der Waals surface area contributed by atoms with Gasteiger partial charge in [-0.2, -0.15) is 0 Å². The Hall–Kier alpha value is -2.85. The first-order valence-corrected chi connectivity index (χ1v) is 10.4. The lowest BCUT2D eigenvalue weighted by Gasteiger charge is -2.36. The highest BCUT2D eigenvalue weighted by Crippen LogP contribution is 2.30. The van der Waals surface area contributed by atoms with Crippen molar-refractivity contribution in [2.45, 2.75) is 32.4 Å². The number of hydrogen-bond donors (Lipinski definition) is 3. The quantitative estimate of drug-likeness (QED) is 0.672. The lowest BCUT2D eigenvalue weighted by Crippen LogP contribution is -2.45. The lowest BCUT2D eigenvalue weighted by atomic mass is 10.1. The third-order valence-electron chi connectivity index (χ3n) is 5.37. The van der Waals surface area contributed by atoms with Gasteiger partial charge in [-0.05, 0) is 31.2 Å². The van der Waals surface area contributed by atoms with E-state index < -0.39 is 19.0 Å². The number of carbonyl (C=O) groups is 1. The van der Waals surface area contributed by atoms with Crippen molar-refractivity contribution in [1.82, 2.24) is 20.6 Å². The van der Waals surface area contributed by atoms with Crippen molar-refractivity contribution in [2.75, 3.05) is 43.1 Å². The zero-order chi connectivity index (χ0) is 21.8. The van der Waals surface area contributed by atoms with Crippen LogP contribution in [0.5, 0.6) is 0 Å². The van der Waals surface area contributed by atoms with Gasteiger partial charge in [0.15, 0.2) is 5.82 Å². The summed E-state index contributed by atoms with van der Waals surface area (Å²) in [7, 11) is 0.